The van der Waals surface area contributed by atoms with Gasteiger partial charge in [0.2, 0.25) is 0 Å². The molecule has 0 amide bonds. The Labute approximate surface area is 112 Å². The van der Waals surface area contributed by atoms with E-state index in [4.69, 9.17) is 5.11 Å². The van der Waals surface area contributed by atoms with Crippen LogP contribution in [0.3, 0.4) is 0 Å². The smallest absolute Gasteiger partial charge is 0.337 e. The van der Waals surface area contributed by atoms with Gasteiger partial charge in [-0.1, -0.05) is 6.92 Å². The zero-order valence-corrected chi connectivity index (χ0v) is 11.3. The quantitative estimate of drug-likeness (QED) is 0.869. The van der Waals surface area contributed by atoms with E-state index in [2.05, 4.69) is 6.92 Å². The van der Waals surface area contributed by atoms with Gasteiger partial charge in [-0.25, -0.2) is 4.79 Å². The minimum absolute atomic E-state index is 0.107. The Kier molecular flexibility index (Phi) is 3.90. The first-order valence-electron chi connectivity index (χ1n) is 6.55. The van der Waals surface area contributed by atoms with Crippen molar-refractivity contribution in [1.29, 1.82) is 0 Å². The van der Waals surface area contributed by atoms with Crippen LogP contribution in [0.25, 0.3) is 10.9 Å². The number of hydrogen-bond acceptors (Lipinski definition) is 2. The molecule has 0 aliphatic rings. The summed E-state index contributed by atoms with van der Waals surface area (Å²) in [5, 5.41) is 19.3. The van der Waals surface area contributed by atoms with Crippen LogP contribution < -0.4 is 0 Å². The molecule has 0 saturated heterocycles. The number of aliphatic hydroxyl groups excluding tert-OH is 1. The molecule has 0 aliphatic heterocycles. The van der Waals surface area contributed by atoms with Crippen molar-refractivity contribution in [2.75, 3.05) is 6.61 Å². The number of aromatic nitrogens is 1. The zero-order chi connectivity index (χ0) is 14.0. The van der Waals surface area contributed by atoms with Crippen LogP contribution in [0.4, 0.5) is 0 Å². The molecular weight excluding hydrogens is 242 g/mol. The third-order valence-corrected chi connectivity index (χ3v) is 3.37. The molecule has 19 heavy (non-hydrogen) atoms. The van der Waals surface area contributed by atoms with Gasteiger partial charge in [0, 0.05) is 24.7 Å². The Morgan fingerprint density at radius 1 is 1.37 bits per heavy atom. The van der Waals surface area contributed by atoms with E-state index in [1.807, 2.05) is 23.8 Å². The summed E-state index contributed by atoms with van der Waals surface area (Å²) in [4.78, 5) is 11.4. The lowest BCUT2D eigenvalue weighted by Gasteiger charge is -2.07. The molecule has 1 aromatic heterocycles. The highest BCUT2D eigenvalue weighted by atomic mass is 16.4. The summed E-state index contributed by atoms with van der Waals surface area (Å²) < 4.78 is 1.95. The van der Waals surface area contributed by atoms with Crippen LogP contribution in [0.5, 0.6) is 0 Å². The molecule has 0 atom stereocenters. The fraction of sp³-hybridized carbons (Fsp3) is 0.400. The number of rotatable bonds is 5. The summed E-state index contributed by atoms with van der Waals surface area (Å²) in [6.45, 7) is 4.72. The van der Waals surface area contributed by atoms with Gasteiger partial charge >= 0.3 is 5.97 Å². The molecule has 0 unspecified atom stereocenters. The highest BCUT2D eigenvalue weighted by molar-refractivity contribution is 6.03. The van der Waals surface area contributed by atoms with E-state index in [0.29, 0.717) is 18.5 Å². The van der Waals surface area contributed by atoms with Crippen molar-refractivity contribution in [3.8, 4) is 0 Å². The summed E-state index contributed by atoms with van der Waals surface area (Å²) in [7, 11) is 0. The monoisotopic (exact) mass is 261 g/mol. The lowest BCUT2D eigenvalue weighted by atomic mass is 10.0. The molecule has 102 valence electrons. The maximum absolute atomic E-state index is 11.4. The van der Waals surface area contributed by atoms with Crippen LogP contribution >= 0.6 is 0 Å². The molecule has 0 aliphatic carbocycles. The Balaban J connectivity index is 2.71. The predicted molar refractivity (Wildman–Crippen MR) is 74.7 cm³/mol. The van der Waals surface area contributed by atoms with Crippen LogP contribution in [0.1, 0.15) is 34.8 Å². The molecule has 0 fully saturated rings. The fourth-order valence-corrected chi connectivity index (χ4v) is 2.52. The second-order valence-electron chi connectivity index (χ2n) is 4.79. The Hall–Kier alpha value is -1.81. The molecule has 0 spiro atoms. The first-order chi connectivity index (χ1) is 9.08. The molecule has 1 aromatic carbocycles. The number of carbonyl (C=O) groups is 1. The van der Waals surface area contributed by atoms with Gasteiger partial charge in [-0.3, -0.25) is 0 Å². The molecular formula is C15H19NO3. The van der Waals surface area contributed by atoms with Crippen molar-refractivity contribution in [2.45, 2.75) is 33.2 Å². The molecule has 4 nitrogen and oxygen atoms in total. The van der Waals surface area contributed by atoms with Crippen LogP contribution in [0.15, 0.2) is 18.3 Å². The van der Waals surface area contributed by atoms with E-state index in [1.54, 1.807) is 6.07 Å². The second kappa shape index (κ2) is 5.45. The third-order valence-electron chi connectivity index (χ3n) is 3.37. The van der Waals surface area contributed by atoms with Crippen molar-refractivity contribution < 1.29 is 15.0 Å². The highest BCUT2D eigenvalue weighted by Gasteiger charge is 2.16. The lowest BCUT2D eigenvalue weighted by Crippen LogP contribution is -2.04. The van der Waals surface area contributed by atoms with Crippen LogP contribution in [0, 0.1) is 6.92 Å². The van der Waals surface area contributed by atoms with E-state index in [9.17, 15) is 9.90 Å². The number of aromatic carboxylic acids is 1. The summed E-state index contributed by atoms with van der Waals surface area (Å²) in [5.41, 5.74) is 3.22. The second-order valence-corrected chi connectivity index (χ2v) is 4.79. The standard InChI is InChI=1S/C15H19NO3/c1-3-11-9-16(5-4-6-17)14-12(11)7-10(2)8-13(14)15(18)19/h7-9,17H,3-6H2,1-2H3,(H,18,19). The van der Waals surface area contributed by atoms with Gasteiger partial charge in [0.1, 0.15) is 0 Å². The topological polar surface area (TPSA) is 62.5 Å². The first kappa shape index (κ1) is 13.6. The molecule has 0 radical (unpaired) electrons. The molecule has 2 aromatic rings. The van der Waals surface area contributed by atoms with Gasteiger partial charge in [0.25, 0.3) is 0 Å². The fourth-order valence-electron chi connectivity index (χ4n) is 2.52. The number of fused-ring (bicyclic) bond motifs is 1. The van der Waals surface area contributed by atoms with Crippen molar-refractivity contribution in [2.24, 2.45) is 0 Å². The molecule has 0 bridgehead atoms. The first-order valence-corrected chi connectivity index (χ1v) is 6.55. The number of carboxylic acids is 1. The SMILES string of the molecule is CCc1cn(CCCO)c2c(C(=O)O)cc(C)cc12. The van der Waals surface area contributed by atoms with Gasteiger partial charge in [0.05, 0.1) is 11.1 Å². The minimum atomic E-state index is -0.903. The van der Waals surface area contributed by atoms with Gasteiger partial charge in [-0.15, -0.1) is 0 Å². The number of carboxylic acid groups (broad SMARTS) is 1. The molecule has 2 N–H and O–H groups in total. The summed E-state index contributed by atoms with van der Waals surface area (Å²) in [6, 6.07) is 3.75. The van der Waals surface area contributed by atoms with Crippen molar-refractivity contribution in [3.63, 3.8) is 0 Å². The Morgan fingerprint density at radius 3 is 2.68 bits per heavy atom. The predicted octanol–water partition coefficient (Wildman–Crippen LogP) is 2.59. The van der Waals surface area contributed by atoms with E-state index in [1.165, 1.54) is 0 Å². The van der Waals surface area contributed by atoms with Gasteiger partial charge in [-0.05, 0) is 43.0 Å². The number of hydrogen-bond donors (Lipinski definition) is 2. The van der Waals surface area contributed by atoms with Gasteiger partial charge in [0.15, 0.2) is 0 Å². The van der Waals surface area contributed by atoms with Crippen LogP contribution in [-0.4, -0.2) is 27.4 Å². The van der Waals surface area contributed by atoms with E-state index in [-0.39, 0.29) is 6.61 Å². The maximum Gasteiger partial charge on any atom is 0.337 e. The Bertz CT molecular complexity index is 613. The van der Waals surface area contributed by atoms with Crippen molar-refractivity contribution in [3.05, 3.63) is 35.0 Å². The number of nitrogens with zero attached hydrogens (tertiary/aromatic N) is 1. The molecule has 0 saturated carbocycles. The van der Waals surface area contributed by atoms with Crippen LogP contribution in [-0.2, 0) is 13.0 Å². The van der Waals surface area contributed by atoms with Crippen LogP contribution in [0.2, 0.25) is 0 Å². The van der Waals surface area contributed by atoms with E-state index in [0.717, 1.165) is 28.5 Å². The van der Waals surface area contributed by atoms with Gasteiger partial charge in [-0.2, -0.15) is 0 Å². The molecule has 2 rings (SSSR count). The molecule has 4 heteroatoms. The molecule has 1 heterocycles. The largest absolute Gasteiger partial charge is 0.478 e. The van der Waals surface area contributed by atoms with E-state index >= 15 is 0 Å². The highest BCUT2D eigenvalue weighted by Crippen LogP contribution is 2.27. The van der Waals surface area contributed by atoms with Crippen molar-refractivity contribution in [1.82, 2.24) is 4.57 Å². The normalized spacial score (nSPS) is 11.1. The summed E-state index contributed by atoms with van der Waals surface area (Å²) >= 11 is 0. The Morgan fingerprint density at radius 2 is 2.11 bits per heavy atom. The number of aryl methyl sites for hydroxylation is 3. The van der Waals surface area contributed by atoms with Gasteiger partial charge < -0.3 is 14.8 Å². The lowest BCUT2D eigenvalue weighted by molar-refractivity contribution is 0.0698. The van der Waals surface area contributed by atoms with E-state index < -0.39 is 5.97 Å². The number of benzene rings is 1. The maximum atomic E-state index is 11.4. The summed E-state index contributed by atoms with van der Waals surface area (Å²) in [5.74, 6) is -0.903. The zero-order valence-electron chi connectivity index (χ0n) is 11.3. The van der Waals surface area contributed by atoms with Crippen molar-refractivity contribution >= 4 is 16.9 Å². The minimum Gasteiger partial charge on any atom is -0.478 e. The summed E-state index contributed by atoms with van der Waals surface area (Å²) in [6.07, 6.45) is 3.50. The average molecular weight is 261 g/mol. The third kappa shape index (κ3) is 2.49. The number of aliphatic hydroxyl groups is 1. The average Bonchev–Trinajstić information content (AvgIpc) is 2.73.